The van der Waals surface area contributed by atoms with Gasteiger partial charge in [-0.2, -0.15) is 5.10 Å². The Morgan fingerprint density at radius 1 is 0.971 bits per heavy atom. The van der Waals surface area contributed by atoms with Gasteiger partial charge in [-0.3, -0.25) is 4.68 Å². The van der Waals surface area contributed by atoms with E-state index in [4.69, 9.17) is 21.4 Å². The first-order chi connectivity index (χ1) is 16.8. The van der Waals surface area contributed by atoms with E-state index in [0.29, 0.717) is 31.1 Å². The third-order valence-electron chi connectivity index (χ3n) is 6.35. The highest BCUT2D eigenvalue weighted by Crippen LogP contribution is 2.32. The summed E-state index contributed by atoms with van der Waals surface area (Å²) in [5.41, 5.74) is 5.12. The van der Waals surface area contributed by atoms with Gasteiger partial charge in [0.25, 0.3) is 0 Å². The lowest BCUT2D eigenvalue weighted by atomic mass is 10.0. The summed E-state index contributed by atoms with van der Waals surface area (Å²) in [5, 5.41) is 8.25. The van der Waals surface area contributed by atoms with Crippen LogP contribution in [0, 0.1) is 0 Å². The molecule has 0 spiro atoms. The van der Waals surface area contributed by atoms with Gasteiger partial charge in [-0.1, -0.05) is 66.2 Å². The van der Waals surface area contributed by atoms with E-state index in [1.54, 1.807) is 4.90 Å². The van der Waals surface area contributed by atoms with Crippen molar-refractivity contribution in [3.8, 4) is 11.3 Å². The third-order valence-corrected chi connectivity index (χ3v) is 6.61. The molecule has 2 heterocycles. The van der Waals surface area contributed by atoms with Gasteiger partial charge in [0.05, 0.1) is 17.9 Å². The van der Waals surface area contributed by atoms with Crippen LogP contribution >= 0.6 is 11.6 Å². The molecule has 5 nitrogen and oxygen atoms in total. The summed E-state index contributed by atoms with van der Waals surface area (Å²) in [7, 11) is 0. The number of halogens is 1. The maximum atomic E-state index is 12.7. The largest absolute Gasteiger partial charge is 0.444 e. The van der Waals surface area contributed by atoms with Gasteiger partial charge in [0.15, 0.2) is 0 Å². The zero-order valence-electron chi connectivity index (χ0n) is 20.4. The molecule has 0 fully saturated rings. The Labute approximate surface area is 211 Å². The molecule has 0 radical (unpaired) electrons. The van der Waals surface area contributed by atoms with Gasteiger partial charge in [0, 0.05) is 35.7 Å². The van der Waals surface area contributed by atoms with Gasteiger partial charge in [-0.05, 0) is 55.7 Å². The summed E-state index contributed by atoms with van der Waals surface area (Å²) in [6.07, 6.45) is 1.15. The Hall–Kier alpha value is -3.31. The smallest absolute Gasteiger partial charge is 0.410 e. The van der Waals surface area contributed by atoms with Crippen molar-refractivity contribution in [3.05, 3.63) is 88.6 Å². The first-order valence-electron chi connectivity index (χ1n) is 12.1. The van der Waals surface area contributed by atoms with Crippen LogP contribution in [0.1, 0.15) is 37.6 Å². The fourth-order valence-electron chi connectivity index (χ4n) is 4.76. The molecule has 1 aliphatic rings. The molecular formula is C29H30ClN3O2. The number of carbonyl (C=O) groups excluding carboxylic acids is 1. The predicted octanol–water partition coefficient (Wildman–Crippen LogP) is 6.74. The van der Waals surface area contributed by atoms with Crippen molar-refractivity contribution in [1.82, 2.24) is 14.7 Å². The number of carbonyl (C=O) groups is 1. The van der Waals surface area contributed by atoms with Gasteiger partial charge >= 0.3 is 6.09 Å². The zero-order chi connectivity index (χ0) is 24.6. The topological polar surface area (TPSA) is 47.4 Å². The lowest BCUT2D eigenvalue weighted by molar-refractivity contribution is 0.0258. The molecule has 1 amide bonds. The highest BCUT2D eigenvalue weighted by molar-refractivity contribution is 6.30. The molecule has 5 rings (SSSR count). The molecule has 0 unspecified atom stereocenters. The van der Waals surface area contributed by atoms with E-state index < -0.39 is 5.60 Å². The van der Waals surface area contributed by atoms with Crippen molar-refractivity contribution < 1.29 is 9.53 Å². The van der Waals surface area contributed by atoms with E-state index in [1.807, 2.05) is 32.9 Å². The average molecular weight is 488 g/mol. The van der Waals surface area contributed by atoms with Crippen molar-refractivity contribution in [2.45, 2.75) is 45.8 Å². The second-order valence-electron chi connectivity index (χ2n) is 10.0. The normalized spacial score (nSPS) is 14.0. The first-order valence-corrected chi connectivity index (χ1v) is 12.5. The second-order valence-corrected chi connectivity index (χ2v) is 10.5. The van der Waals surface area contributed by atoms with E-state index in [1.165, 1.54) is 21.9 Å². The molecule has 6 heteroatoms. The van der Waals surface area contributed by atoms with E-state index in [9.17, 15) is 4.79 Å². The number of fused-ring (bicyclic) bond motifs is 2. The maximum absolute atomic E-state index is 12.7. The molecule has 0 N–H and O–H groups in total. The van der Waals surface area contributed by atoms with Crippen LogP contribution in [0.5, 0.6) is 0 Å². The fraction of sp³-hybridized carbons (Fsp3) is 0.310. The number of nitrogens with zero attached hydrogens (tertiary/aromatic N) is 3. The predicted molar refractivity (Wildman–Crippen MR) is 141 cm³/mol. The van der Waals surface area contributed by atoms with Crippen molar-refractivity contribution in [2.24, 2.45) is 0 Å². The molecule has 1 aromatic heterocycles. The van der Waals surface area contributed by atoms with Crippen molar-refractivity contribution in [1.29, 1.82) is 0 Å². The van der Waals surface area contributed by atoms with Crippen molar-refractivity contribution in [3.63, 3.8) is 0 Å². The Bertz CT molecular complexity index is 1360. The number of rotatable bonds is 3. The highest BCUT2D eigenvalue weighted by Gasteiger charge is 2.28. The quantitative estimate of drug-likeness (QED) is 0.321. The lowest BCUT2D eigenvalue weighted by Crippen LogP contribution is -2.38. The second kappa shape index (κ2) is 9.38. The molecule has 0 atom stereocenters. The molecule has 3 aromatic carbocycles. The number of hydrogen-bond acceptors (Lipinski definition) is 3. The van der Waals surface area contributed by atoms with E-state index in [0.717, 1.165) is 23.4 Å². The number of amides is 1. The van der Waals surface area contributed by atoms with Crippen LogP contribution in [-0.2, 0) is 24.1 Å². The third kappa shape index (κ3) is 5.06. The molecule has 0 bridgehead atoms. The summed E-state index contributed by atoms with van der Waals surface area (Å²) in [6.45, 7) is 7.55. The Morgan fingerprint density at radius 3 is 2.46 bits per heavy atom. The summed E-state index contributed by atoms with van der Waals surface area (Å²) < 4.78 is 7.75. The first kappa shape index (κ1) is 23.4. The number of ether oxygens (including phenoxy) is 1. The fourth-order valence-corrected chi connectivity index (χ4v) is 4.88. The summed E-state index contributed by atoms with van der Waals surface area (Å²) in [4.78, 5) is 14.5. The summed E-state index contributed by atoms with van der Waals surface area (Å²) in [5.74, 6) is 0. The highest BCUT2D eigenvalue weighted by atomic mass is 35.5. The Kier molecular flexibility index (Phi) is 6.28. The number of aromatic nitrogens is 2. The van der Waals surface area contributed by atoms with Crippen LogP contribution in [-0.4, -0.2) is 39.5 Å². The zero-order valence-corrected chi connectivity index (χ0v) is 21.2. The molecule has 4 aromatic rings. The van der Waals surface area contributed by atoms with Gasteiger partial charge < -0.3 is 9.64 Å². The molecule has 35 heavy (non-hydrogen) atoms. The van der Waals surface area contributed by atoms with E-state index in [-0.39, 0.29) is 6.09 Å². The summed E-state index contributed by atoms with van der Waals surface area (Å²) in [6, 6.07) is 22.8. The van der Waals surface area contributed by atoms with Crippen LogP contribution < -0.4 is 0 Å². The van der Waals surface area contributed by atoms with Crippen LogP contribution in [0.4, 0.5) is 4.79 Å². The van der Waals surface area contributed by atoms with Crippen LogP contribution in [0.2, 0.25) is 5.02 Å². The number of benzene rings is 3. The maximum Gasteiger partial charge on any atom is 0.410 e. The molecule has 1 aliphatic heterocycles. The standard InChI is InChI=1S/C29H30ClN3O2/c1-29(2,3)35-28(34)32-17-15-25-26(16-18-32)31-33(27(25)21-11-13-23(30)14-12-21)19-22-9-6-8-20-7-4-5-10-24(20)22/h4-14H,15-19H2,1-3H3. The minimum absolute atomic E-state index is 0.265. The lowest BCUT2D eigenvalue weighted by Gasteiger charge is -2.26. The summed E-state index contributed by atoms with van der Waals surface area (Å²) >= 11 is 6.20. The molecule has 0 saturated carbocycles. The number of hydrogen-bond donors (Lipinski definition) is 0. The molecular weight excluding hydrogens is 458 g/mol. The van der Waals surface area contributed by atoms with Gasteiger partial charge in [0.1, 0.15) is 5.60 Å². The minimum Gasteiger partial charge on any atom is -0.444 e. The van der Waals surface area contributed by atoms with E-state index in [2.05, 4.69) is 59.3 Å². The minimum atomic E-state index is -0.514. The Balaban J connectivity index is 1.52. The van der Waals surface area contributed by atoms with Gasteiger partial charge in [0.2, 0.25) is 0 Å². The molecule has 0 saturated heterocycles. The van der Waals surface area contributed by atoms with Crippen molar-refractivity contribution in [2.75, 3.05) is 13.1 Å². The average Bonchev–Trinajstić information content (AvgIpc) is 3.01. The SMILES string of the molecule is CC(C)(C)OC(=O)N1CCc2nn(Cc3cccc4ccccc34)c(-c3ccc(Cl)cc3)c2CC1. The van der Waals surface area contributed by atoms with Crippen LogP contribution in [0.3, 0.4) is 0 Å². The van der Waals surface area contributed by atoms with Gasteiger partial charge in [-0.25, -0.2) is 4.79 Å². The Morgan fingerprint density at radius 2 is 1.69 bits per heavy atom. The van der Waals surface area contributed by atoms with Crippen molar-refractivity contribution >= 4 is 28.5 Å². The van der Waals surface area contributed by atoms with Crippen LogP contribution in [0.25, 0.3) is 22.0 Å². The molecule has 0 aliphatic carbocycles. The van der Waals surface area contributed by atoms with E-state index >= 15 is 0 Å². The monoisotopic (exact) mass is 487 g/mol. The van der Waals surface area contributed by atoms with Gasteiger partial charge in [-0.15, -0.1) is 0 Å². The molecule has 180 valence electrons. The van der Waals surface area contributed by atoms with Crippen LogP contribution in [0.15, 0.2) is 66.7 Å².